The Hall–Kier alpha value is -3.48. The minimum Gasteiger partial charge on any atom is -0.494 e. The minimum atomic E-state index is -1.06. The summed E-state index contributed by atoms with van der Waals surface area (Å²) in [6.45, 7) is 7.37. The summed E-state index contributed by atoms with van der Waals surface area (Å²) in [7, 11) is 0. The molecule has 1 aromatic carbocycles. The summed E-state index contributed by atoms with van der Waals surface area (Å²) in [4.78, 5) is 29.5. The van der Waals surface area contributed by atoms with Crippen LogP contribution in [0.1, 0.15) is 62.5 Å². The van der Waals surface area contributed by atoms with Crippen LogP contribution in [0.15, 0.2) is 59.2 Å². The summed E-state index contributed by atoms with van der Waals surface area (Å²) in [5.74, 6) is 1.89. The van der Waals surface area contributed by atoms with Crippen molar-refractivity contribution in [1.29, 1.82) is 0 Å². The van der Waals surface area contributed by atoms with Crippen molar-refractivity contribution in [3.8, 4) is 17.2 Å². The van der Waals surface area contributed by atoms with Crippen molar-refractivity contribution in [2.45, 2.75) is 71.1 Å². The van der Waals surface area contributed by atoms with Gasteiger partial charge in [0, 0.05) is 12.6 Å². The van der Waals surface area contributed by atoms with Gasteiger partial charge in [-0.15, -0.1) is 0 Å². The van der Waals surface area contributed by atoms with E-state index in [-0.39, 0.29) is 17.9 Å². The molecular formula is C29H35N3O4. The molecule has 1 N–H and O–H groups in total. The first kappa shape index (κ1) is 24.2. The van der Waals surface area contributed by atoms with E-state index in [1.165, 1.54) is 0 Å². The second-order valence-corrected chi connectivity index (χ2v) is 10.3. The van der Waals surface area contributed by atoms with Crippen molar-refractivity contribution >= 4 is 11.8 Å². The van der Waals surface area contributed by atoms with E-state index in [9.17, 15) is 9.59 Å². The number of carbonyl (C=O) groups is 2. The molecule has 190 valence electrons. The monoisotopic (exact) mass is 489 g/mol. The van der Waals surface area contributed by atoms with Gasteiger partial charge >= 0.3 is 0 Å². The maximum absolute atomic E-state index is 13.9. The Morgan fingerprint density at radius 1 is 1.08 bits per heavy atom. The number of aromatic nitrogens is 1. The summed E-state index contributed by atoms with van der Waals surface area (Å²) >= 11 is 0. The number of nitrogens with zero attached hydrogens (tertiary/aromatic N) is 2. The number of hydrogen-bond donors (Lipinski definition) is 1. The predicted octanol–water partition coefficient (Wildman–Crippen LogP) is 5.26. The maximum Gasteiger partial charge on any atom is 0.271 e. The summed E-state index contributed by atoms with van der Waals surface area (Å²) in [5, 5.41) is 3.30. The lowest BCUT2D eigenvalue weighted by Gasteiger charge is -2.45. The Morgan fingerprint density at radius 3 is 2.47 bits per heavy atom. The van der Waals surface area contributed by atoms with E-state index in [1.54, 1.807) is 11.2 Å². The highest BCUT2D eigenvalue weighted by molar-refractivity contribution is 6.00. The van der Waals surface area contributed by atoms with E-state index in [4.69, 9.17) is 9.15 Å². The largest absolute Gasteiger partial charge is 0.494 e. The van der Waals surface area contributed by atoms with Gasteiger partial charge in [-0.05, 0) is 87.4 Å². The molecule has 2 aromatic heterocycles. The fourth-order valence-electron chi connectivity index (χ4n) is 5.45. The molecule has 3 heterocycles. The first-order chi connectivity index (χ1) is 17.4. The molecule has 0 unspecified atom stereocenters. The van der Waals surface area contributed by atoms with Gasteiger partial charge in [0.1, 0.15) is 22.7 Å². The number of rotatable bonds is 7. The minimum absolute atomic E-state index is 0.105. The number of fused-ring (bicyclic) bond motifs is 1. The summed E-state index contributed by atoms with van der Waals surface area (Å²) < 4.78 is 13.1. The van der Waals surface area contributed by atoms with E-state index in [1.807, 2.05) is 66.9 Å². The summed E-state index contributed by atoms with van der Waals surface area (Å²) in [6, 6.07) is 15.3. The molecule has 1 fully saturated rings. The summed E-state index contributed by atoms with van der Waals surface area (Å²) in [5.41, 5.74) is 1.24. The fourth-order valence-corrected chi connectivity index (χ4v) is 5.45. The molecule has 1 atom stereocenters. The van der Waals surface area contributed by atoms with Gasteiger partial charge in [-0.3, -0.25) is 9.59 Å². The van der Waals surface area contributed by atoms with Crippen molar-refractivity contribution in [1.82, 2.24) is 14.8 Å². The quantitative estimate of drug-likeness (QED) is 0.491. The normalized spacial score (nSPS) is 23.9. The van der Waals surface area contributed by atoms with Gasteiger partial charge in [0.2, 0.25) is 5.91 Å². The molecule has 2 aliphatic rings. The van der Waals surface area contributed by atoms with Gasteiger partial charge < -0.3 is 23.9 Å². The van der Waals surface area contributed by atoms with Crippen LogP contribution in [0.2, 0.25) is 0 Å². The van der Waals surface area contributed by atoms with Crippen LogP contribution >= 0.6 is 0 Å². The van der Waals surface area contributed by atoms with Crippen molar-refractivity contribution in [2.75, 3.05) is 6.61 Å². The van der Waals surface area contributed by atoms with Gasteiger partial charge in [0.15, 0.2) is 0 Å². The zero-order chi connectivity index (χ0) is 25.3. The second kappa shape index (κ2) is 9.88. The van der Waals surface area contributed by atoms with Crippen LogP contribution in [0.4, 0.5) is 0 Å². The number of furan rings is 1. The Bertz CT molecular complexity index is 1210. The lowest BCUT2D eigenvalue weighted by molar-refractivity contribution is -0.134. The molecule has 3 aromatic rings. The van der Waals surface area contributed by atoms with Gasteiger partial charge in [-0.2, -0.15) is 0 Å². The van der Waals surface area contributed by atoms with E-state index in [0.717, 1.165) is 42.7 Å². The molecule has 1 aliphatic heterocycles. The number of hydrogen-bond acceptors (Lipinski definition) is 4. The topological polar surface area (TPSA) is 76.7 Å². The molecule has 36 heavy (non-hydrogen) atoms. The average Bonchev–Trinajstić information content (AvgIpc) is 3.54. The van der Waals surface area contributed by atoms with E-state index >= 15 is 0 Å². The molecule has 0 spiro atoms. The van der Waals surface area contributed by atoms with Crippen LogP contribution in [-0.4, -0.2) is 39.5 Å². The van der Waals surface area contributed by atoms with Crippen molar-refractivity contribution in [2.24, 2.45) is 5.92 Å². The average molecular weight is 490 g/mol. The predicted molar refractivity (Wildman–Crippen MR) is 138 cm³/mol. The maximum atomic E-state index is 13.9. The Balaban J connectivity index is 1.48. The zero-order valence-corrected chi connectivity index (χ0v) is 21.3. The lowest BCUT2D eigenvalue weighted by atomic mass is 9.86. The first-order valence-electron chi connectivity index (χ1n) is 13.0. The number of benzene rings is 1. The molecule has 1 saturated carbocycles. The molecular weight excluding hydrogens is 454 g/mol. The van der Waals surface area contributed by atoms with E-state index in [2.05, 4.69) is 12.2 Å². The standard InChI is InChI=1S/C29H35N3O4/c1-4-35-23-13-9-21(10-14-23)18-32-27(33)25-16-15-24(26-6-5-17-36-26)31(25)19-29(32,3)28(34)30-22-11-7-20(2)8-12-22/h5-6,9-10,13-17,20,22H,4,7-8,11-12,18-19H2,1-3H3,(H,30,34)/t20?,22?,29-/m0/s1. The molecule has 0 radical (unpaired) electrons. The van der Waals surface area contributed by atoms with Crippen LogP contribution in [-0.2, 0) is 17.9 Å². The van der Waals surface area contributed by atoms with Crippen molar-refractivity contribution in [3.63, 3.8) is 0 Å². The third-order valence-electron chi connectivity index (χ3n) is 7.70. The Morgan fingerprint density at radius 2 is 1.81 bits per heavy atom. The molecule has 7 heteroatoms. The van der Waals surface area contributed by atoms with Gasteiger partial charge in [-0.1, -0.05) is 19.1 Å². The second-order valence-electron chi connectivity index (χ2n) is 10.3. The van der Waals surface area contributed by atoms with Crippen molar-refractivity contribution < 1.29 is 18.7 Å². The van der Waals surface area contributed by atoms with Crippen LogP contribution in [0.25, 0.3) is 11.5 Å². The molecule has 7 nitrogen and oxygen atoms in total. The highest BCUT2D eigenvalue weighted by atomic mass is 16.5. The number of ether oxygens (including phenoxy) is 1. The lowest BCUT2D eigenvalue weighted by Crippen LogP contribution is -2.64. The highest BCUT2D eigenvalue weighted by Crippen LogP contribution is 2.35. The van der Waals surface area contributed by atoms with Crippen LogP contribution in [0.3, 0.4) is 0 Å². The highest BCUT2D eigenvalue weighted by Gasteiger charge is 2.48. The Kier molecular flexibility index (Phi) is 6.65. The molecule has 1 aliphatic carbocycles. The zero-order valence-electron chi connectivity index (χ0n) is 21.3. The van der Waals surface area contributed by atoms with Crippen LogP contribution in [0.5, 0.6) is 5.75 Å². The van der Waals surface area contributed by atoms with E-state index < -0.39 is 5.54 Å². The van der Waals surface area contributed by atoms with Crippen LogP contribution < -0.4 is 10.1 Å². The van der Waals surface area contributed by atoms with Gasteiger partial charge in [0.05, 0.1) is 25.1 Å². The summed E-state index contributed by atoms with van der Waals surface area (Å²) in [6.07, 6.45) is 5.79. The molecule has 0 bridgehead atoms. The Labute approximate surface area is 212 Å². The van der Waals surface area contributed by atoms with Gasteiger partial charge in [0.25, 0.3) is 5.91 Å². The number of carbonyl (C=O) groups excluding carboxylic acids is 2. The number of amides is 2. The fraction of sp³-hybridized carbons (Fsp3) is 0.448. The van der Waals surface area contributed by atoms with Crippen molar-refractivity contribution in [3.05, 3.63) is 66.1 Å². The first-order valence-corrected chi connectivity index (χ1v) is 13.0. The molecule has 5 rings (SSSR count). The molecule has 0 saturated heterocycles. The van der Waals surface area contributed by atoms with E-state index in [0.29, 0.717) is 37.1 Å². The van der Waals surface area contributed by atoms with Crippen LogP contribution in [0, 0.1) is 5.92 Å². The smallest absolute Gasteiger partial charge is 0.271 e. The third-order valence-corrected chi connectivity index (χ3v) is 7.70. The number of nitrogens with one attached hydrogen (secondary N) is 1. The third kappa shape index (κ3) is 4.54. The molecule has 2 amide bonds. The SMILES string of the molecule is CCOc1ccc(CN2C(=O)c3ccc(-c4ccco4)n3C[C@@]2(C)C(=O)NC2CCC(C)CC2)cc1. The van der Waals surface area contributed by atoms with Gasteiger partial charge in [-0.25, -0.2) is 0 Å².